The number of nitrogens with zero attached hydrogens (tertiary/aromatic N) is 2. The van der Waals surface area contributed by atoms with Crippen LogP contribution >= 0.6 is 0 Å². The van der Waals surface area contributed by atoms with Crippen molar-refractivity contribution in [3.8, 4) is 5.75 Å². The molecular formula is C22H22N2O8. The van der Waals surface area contributed by atoms with E-state index >= 15 is 0 Å². The molecule has 1 fully saturated rings. The van der Waals surface area contributed by atoms with Crippen LogP contribution in [0.4, 0.5) is 5.69 Å². The maximum atomic E-state index is 12.9. The summed E-state index contributed by atoms with van der Waals surface area (Å²) < 4.78 is 10.3. The predicted octanol–water partition coefficient (Wildman–Crippen LogP) is 2.03. The average Bonchev–Trinajstić information content (AvgIpc) is 3.06. The zero-order chi connectivity index (χ0) is 23.3. The van der Waals surface area contributed by atoms with Crippen LogP contribution in [0.3, 0.4) is 0 Å². The first-order valence-corrected chi connectivity index (χ1v) is 9.74. The normalized spacial score (nSPS) is 17.6. The van der Waals surface area contributed by atoms with Crippen molar-refractivity contribution < 1.29 is 34.2 Å². The lowest BCUT2D eigenvalue weighted by molar-refractivity contribution is -0.384. The van der Waals surface area contributed by atoms with Gasteiger partial charge in [0, 0.05) is 24.2 Å². The Bertz CT molecular complexity index is 1030. The minimum Gasteiger partial charge on any atom is -0.507 e. The van der Waals surface area contributed by atoms with E-state index in [0.717, 1.165) is 0 Å². The molecule has 1 unspecified atom stereocenters. The molecule has 1 aliphatic rings. The van der Waals surface area contributed by atoms with Gasteiger partial charge in [-0.1, -0.05) is 0 Å². The smallest absolute Gasteiger partial charge is 0.295 e. The van der Waals surface area contributed by atoms with E-state index in [0.29, 0.717) is 16.9 Å². The summed E-state index contributed by atoms with van der Waals surface area (Å²) in [7, 11) is 1.49. The van der Waals surface area contributed by atoms with Crippen molar-refractivity contribution in [3.63, 3.8) is 0 Å². The van der Waals surface area contributed by atoms with Crippen LogP contribution < -0.4 is 4.74 Å². The third kappa shape index (κ3) is 4.61. The molecule has 2 N–H and O–H groups in total. The second-order valence-electron chi connectivity index (χ2n) is 6.91. The van der Waals surface area contributed by atoms with Crippen molar-refractivity contribution in [1.29, 1.82) is 0 Å². The number of nitro benzene ring substituents is 1. The lowest BCUT2D eigenvalue weighted by atomic mass is 9.95. The van der Waals surface area contributed by atoms with Crippen LogP contribution in [0.1, 0.15) is 17.2 Å². The van der Waals surface area contributed by atoms with Crippen molar-refractivity contribution in [2.45, 2.75) is 6.04 Å². The summed E-state index contributed by atoms with van der Waals surface area (Å²) in [5.74, 6) is -1.51. The third-order valence-corrected chi connectivity index (χ3v) is 5.04. The topological polar surface area (TPSA) is 139 Å². The number of ketones is 1. The van der Waals surface area contributed by atoms with Crippen LogP contribution in [0.5, 0.6) is 5.75 Å². The van der Waals surface area contributed by atoms with Gasteiger partial charge in [-0.3, -0.25) is 19.7 Å². The molecule has 0 radical (unpaired) electrons. The highest BCUT2D eigenvalue weighted by atomic mass is 16.6. The second-order valence-corrected chi connectivity index (χ2v) is 6.91. The molecule has 1 amide bonds. The fourth-order valence-corrected chi connectivity index (χ4v) is 3.47. The molecule has 10 nitrogen and oxygen atoms in total. The Morgan fingerprint density at radius 2 is 1.75 bits per heavy atom. The van der Waals surface area contributed by atoms with E-state index in [9.17, 15) is 24.8 Å². The number of carbonyl (C=O) groups is 2. The summed E-state index contributed by atoms with van der Waals surface area (Å²) in [6.07, 6.45) is 0. The number of non-ortho nitro benzene ring substituents is 1. The molecule has 3 rings (SSSR count). The Labute approximate surface area is 183 Å². The Morgan fingerprint density at radius 3 is 2.31 bits per heavy atom. The fourth-order valence-electron chi connectivity index (χ4n) is 3.47. The van der Waals surface area contributed by atoms with E-state index in [1.807, 2.05) is 0 Å². The number of hydrogen-bond donors (Lipinski definition) is 2. The van der Waals surface area contributed by atoms with Gasteiger partial charge in [0.1, 0.15) is 11.5 Å². The number of hydrogen-bond acceptors (Lipinski definition) is 8. The molecule has 0 aliphatic carbocycles. The minimum atomic E-state index is -0.962. The van der Waals surface area contributed by atoms with Crippen molar-refractivity contribution in [1.82, 2.24) is 4.90 Å². The molecule has 0 spiro atoms. The number of aliphatic hydroxyl groups is 2. The molecule has 0 saturated carbocycles. The fraction of sp³-hybridized carbons (Fsp3) is 0.273. The largest absolute Gasteiger partial charge is 0.507 e. The number of nitro groups is 1. The SMILES string of the molecule is COc1ccc(C(O)=C2C(=O)C(=O)N(CCOCCO)C2c2ccc([N+](=O)[O-])cc2)cc1. The van der Waals surface area contributed by atoms with E-state index in [-0.39, 0.29) is 43.4 Å². The predicted molar refractivity (Wildman–Crippen MR) is 113 cm³/mol. The van der Waals surface area contributed by atoms with Gasteiger partial charge in [-0.2, -0.15) is 0 Å². The summed E-state index contributed by atoms with van der Waals surface area (Å²) in [5.41, 5.74) is 0.461. The lowest BCUT2D eigenvalue weighted by Gasteiger charge is -2.25. The maximum Gasteiger partial charge on any atom is 0.295 e. The van der Waals surface area contributed by atoms with E-state index in [4.69, 9.17) is 14.6 Å². The van der Waals surface area contributed by atoms with Crippen LogP contribution in [0, 0.1) is 10.1 Å². The number of methoxy groups -OCH3 is 1. The van der Waals surface area contributed by atoms with E-state index < -0.39 is 22.7 Å². The van der Waals surface area contributed by atoms with Crippen LogP contribution in [0.25, 0.3) is 5.76 Å². The Balaban J connectivity index is 2.06. The zero-order valence-electron chi connectivity index (χ0n) is 17.3. The van der Waals surface area contributed by atoms with Gasteiger partial charge < -0.3 is 24.6 Å². The van der Waals surface area contributed by atoms with E-state index in [2.05, 4.69) is 0 Å². The molecule has 32 heavy (non-hydrogen) atoms. The first kappa shape index (κ1) is 22.9. The third-order valence-electron chi connectivity index (χ3n) is 5.04. The molecule has 1 atom stereocenters. The van der Waals surface area contributed by atoms with Crippen LogP contribution in [0.2, 0.25) is 0 Å². The van der Waals surface area contributed by atoms with Gasteiger partial charge in [0.25, 0.3) is 17.4 Å². The van der Waals surface area contributed by atoms with Crippen LogP contribution in [-0.4, -0.2) is 65.2 Å². The van der Waals surface area contributed by atoms with Crippen molar-refractivity contribution in [2.75, 3.05) is 33.5 Å². The number of likely N-dealkylation sites (tertiary alicyclic amines) is 1. The van der Waals surface area contributed by atoms with Crippen molar-refractivity contribution in [2.24, 2.45) is 0 Å². The monoisotopic (exact) mass is 442 g/mol. The molecule has 0 bridgehead atoms. The van der Waals surface area contributed by atoms with Gasteiger partial charge in [-0.05, 0) is 42.0 Å². The average molecular weight is 442 g/mol. The number of benzene rings is 2. The number of rotatable bonds is 9. The molecule has 2 aromatic carbocycles. The Morgan fingerprint density at radius 1 is 1.09 bits per heavy atom. The van der Waals surface area contributed by atoms with Gasteiger partial charge in [-0.15, -0.1) is 0 Å². The number of aliphatic hydroxyl groups excluding tert-OH is 2. The standard InChI is InChI=1S/C22H22N2O8/c1-31-17-8-4-15(5-9-17)20(26)18-19(14-2-6-16(7-3-14)24(29)30)23(22(28)21(18)27)10-12-32-13-11-25/h2-9,19,25-26H,10-13H2,1H3. The molecule has 1 saturated heterocycles. The van der Waals surface area contributed by atoms with Gasteiger partial charge >= 0.3 is 0 Å². The summed E-state index contributed by atoms with van der Waals surface area (Å²) in [6.45, 7) is -0.0503. The van der Waals surface area contributed by atoms with Gasteiger partial charge in [0.05, 0.1) is 43.5 Å². The summed E-state index contributed by atoms with van der Waals surface area (Å²) >= 11 is 0. The molecule has 1 aliphatic heterocycles. The van der Waals surface area contributed by atoms with Gasteiger partial charge in [0.15, 0.2) is 0 Å². The molecule has 10 heteroatoms. The summed E-state index contributed by atoms with van der Waals surface area (Å²) in [4.78, 5) is 37.3. The second kappa shape index (κ2) is 10.0. The molecule has 1 heterocycles. The molecular weight excluding hydrogens is 420 g/mol. The van der Waals surface area contributed by atoms with Crippen LogP contribution in [-0.2, 0) is 14.3 Å². The number of carbonyl (C=O) groups excluding carboxylic acids is 2. The first-order chi connectivity index (χ1) is 15.4. The van der Waals surface area contributed by atoms with Gasteiger partial charge in [0.2, 0.25) is 0 Å². The number of amides is 1. The zero-order valence-corrected chi connectivity index (χ0v) is 17.3. The van der Waals surface area contributed by atoms with Crippen molar-refractivity contribution >= 4 is 23.1 Å². The molecule has 2 aromatic rings. The Hall–Kier alpha value is -3.76. The maximum absolute atomic E-state index is 12.9. The Kier molecular flexibility index (Phi) is 7.18. The van der Waals surface area contributed by atoms with Crippen molar-refractivity contribution in [3.05, 3.63) is 75.3 Å². The van der Waals surface area contributed by atoms with Crippen LogP contribution in [0.15, 0.2) is 54.1 Å². The highest BCUT2D eigenvalue weighted by molar-refractivity contribution is 6.46. The molecule has 168 valence electrons. The van der Waals surface area contributed by atoms with Gasteiger partial charge in [-0.25, -0.2) is 0 Å². The minimum absolute atomic E-state index is 0.0195. The number of Topliss-reactive ketones (excluding diaryl/α,β-unsaturated/α-hetero) is 1. The highest BCUT2D eigenvalue weighted by Gasteiger charge is 2.46. The highest BCUT2D eigenvalue weighted by Crippen LogP contribution is 2.39. The number of ether oxygens (including phenoxy) is 2. The summed E-state index contributed by atoms with van der Waals surface area (Å²) in [5, 5.41) is 30.8. The molecule has 0 aromatic heterocycles. The van der Waals surface area contributed by atoms with E-state index in [1.165, 1.54) is 36.3 Å². The lowest BCUT2D eigenvalue weighted by Crippen LogP contribution is -2.33. The first-order valence-electron chi connectivity index (χ1n) is 9.74. The quantitative estimate of drug-likeness (QED) is 0.150. The summed E-state index contributed by atoms with van der Waals surface area (Å²) in [6, 6.07) is 10.8. The van der Waals surface area contributed by atoms with E-state index in [1.54, 1.807) is 24.3 Å².